The van der Waals surface area contributed by atoms with Crippen LogP contribution in [-0.4, -0.2) is 55.2 Å². The lowest BCUT2D eigenvalue weighted by molar-refractivity contribution is -0.100. The summed E-state index contributed by atoms with van der Waals surface area (Å²) in [6, 6.07) is 11.9. The number of aliphatic hydroxyl groups excluding tert-OH is 2. The molecule has 0 radical (unpaired) electrons. The maximum absolute atomic E-state index is 14.7. The summed E-state index contributed by atoms with van der Waals surface area (Å²) < 4.78 is 21.7. The topological polar surface area (TPSA) is 109 Å². The smallest absolute Gasteiger partial charge is 0.256 e. The Morgan fingerprint density at radius 1 is 1.32 bits per heavy atom. The number of rotatable bonds is 4. The normalized spacial score (nSPS) is 27.2. The number of aromatic nitrogens is 3. The molecule has 1 aromatic carbocycles. The average Bonchev–Trinajstić information content (AvgIpc) is 3.24. The number of nitrogens with one attached hydrogen (secondary N) is 1. The fraction of sp³-hybridized carbons (Fsp3) is 0.316. The summed E-state index contributed by atoms with van der Waals surface area (Å²) in [5.74, 6) is -0.0818. The van der Waals surface area contributed by atoms with Gasteiger partial charge in [-0.1, -0.05) is 18.2 Å². The molecule has 1 fully saturated rings. The van der Waals surface area contributed by atoms with Gasteiger partial charge in [-0.3, -0.25) is 4.79 Å². The lowest BCUT2D eigenvalue weighted by Gasteiger charge is -2.24. The van der Waals surface area contributed by atoms with E-state index in [1.807, 2.05) is 6.07 Å². The third-order valence-electron chi connectivity index (χ3n) is 4.97. The van der Waals surface area contributed by atoms with Gasteiger partial charge in [0.05, 0.1) is 12.3 Å². The zero-order chi connectivity index (χ0) is 19.9. The van der Waals surface area contributed by atoms with Gasteiger partial charge in [0.2, 0.25) is 0 Å². The summed E-state index contributed by atoms with van der Waals surface area (Å²) in [4.78, 5) is 16.5. The van der Waals surface area contributed by atoms with E-state index in [1.165, 1.54) is 17.8 Å². The SMILES string of the molecule is C[C@]1(CO)O[C@@H](c2ccc3c(NC(=O)c4ccccc4)ncnn23)[C@H](F)[C@@H]1O. The predicted octanol–water partition coefficient (Wildman–Crippen LogP) is 1.50. The van der Waals surface area contributed by atoms with Crippen LogP contribution >= 0.6 is 0 Å². The number of hydrogen-bond acceptors (Lipinski definition) is 6. The van der Waals surface area contributed by atoms with Gasteiger partial charge in [-0.15, -0.1) is 0 Å². The molecule has 9 heteroatoms. The van der Waals surface area contributed by atoms with Gasteiger partial charge in [0.15, 0.2) is 12.0 Å². The van der Waals surface area contributed by atoms with E-state index >= 15 is 0 Å². The van der Waals surface area contributed by atoms with E-state index in [4.69, 9.17) is 4.74 Å². The fourth-order valence-corrected chi connectivity index (χ4v) is 3.32. The van der Waals surface area contributed by atoms with Crippen molar-refractivity contribution in [2.75, 3.05) is 11.9 Å². The Morgan fingerprint density at radius 2 is 2.07 bits per heavy atom. The number of ether oxygens (including phenoxy) is 1. The summed E-state index contributed by atoms with van der Waals surface area (Å²) in [6.45, 7) is 0.919. The molecule has 1 saturated heterocycles. The minimum absolute atomic E-state index is 0.258. The molecule has 0 saturated carbocycles. The Hall–Kier alpha value is -2.88. The zero-order valence-corrected chi connectivity index (χ0v) is 15.0. The second-order valence-electron chi connectivity index (χ2n) is 6.88. The molecule has 3 aromatic rings. The van der Waals surface area contributed by atoms with Gasteiger partial charge in [-0.25, -0.2) is 13.9 Å². The molecule has 1 aliphatic rings. The molecule has 0 spiro atoms. The Morgan fingerprint density at radius 3 is 2.75 bits per heavy atom. The van der Waals surface area contributed by atoms with Crippen molar-refractivity contribution in [2.45, 2.75) is 30.9 Å². The zero-order valence-electron chi connectivity index (χ0n) is 15.0. The van der Waals surface area contributed by atoms with Crippen molar-refractivity contribution in [3.63, 3.8) is 0 Å². The second kappa shape index (κ2) is 6.93. The molecule has 28 heavy (non-hydrogen) atoms. The van der Waals surface area contributed by atoms with E-state index in [0.717, 1.165) is 0 Å². The molecule has 146 valence electrons. The van der Waals surface area contributed by atoms with Gasteiger partial charge in [-0.2, -0.15) is 5.10 Å². The number of halogens is 1. The molecule has 8 nitrogen and oxygen atoms in total. The molecule has 4 rings (SSSR count). The van der Waals surface area contributed by atoms with Crippen LogP contribution in [-0.2, 0) is 4.74 Å². The van der Waals surface area contributed by atoms with Crippen molar-refractivity contribution in [1.82, 2.24) is 14.6 Å². The van der Waals surface area contributed by atoms with Crippen LogP contribution in [0, 0.1) is 0 Å². The highest BCUT2D eigenvalue weighted by molar-refractivity contribution is 6.05. The minimum atomic E-state index is -1.74. The first-order valence-corrected chi connectivity index (χ1v) is 8.74. The lowest BCUT2D eigenvalue weighted by atomic mass is 9.98. The van der Waals surface area contributed by atoms with Crippen LogP contribution < -0.4 is 5.32 Å². The van der Waals surface area contributed by atoms with Crippen molar-refractivity contribution >= 4 is 17.2 Å². The number of alkyl halides is 1. The van der Waals surface area contributed by atoms with Gasteiger partial charge in [0.25, 0.3) is 5.91 Å². The van der Waals surface area contributed by atoms with Gasteiger partial charge in [0.1, 0.15) is 29.7 Å². The number of nitrogens with zero attached hydrogens (tertiary/aromatic N) is 3. The number of anilines is 1. The van der Waals surface area contributed by atoms with Crippen LogP contribution in [0.3, 0.4) is 0 Å². The number of carbonyl (C=O) groups is 1. The highest BCUT2D eigenvalue weighted by Crippen LogP contribution is 2.42. The maximum Gasteiger partial charge on any atom is 0.256 e. The molecular formula is C19H19FN4O4. The first-order valence-electron chi connectivity index (χ1n) is 8.74. The number of amides is 1. The van der Waals surface area contributed by atoms with E-state index in [9.17, 15) is 19.4 Å². The third kappa shape index (κ3) is 2.93. The number of fused-ring (bicyclic) bond motifs is 1. The summed E-state index contributed by atoms with van der Waals surface area (Å²) in [5.41, 5.74) is -0.150. The van der Waals surface area contributed by atoms with Crippen LogP contribution in [0.5, 0.6) is 0 Å². The largest absolute Gasteiger partial charge is 0.393 e. The molecule has 0 aliphatic carbocycles. The molecule has 0 bridgehead atoms. The molecule has 2 aromatic heterocycles. The van der Waals surface area contributed by atoms with Crippen molar-refractivity contribution in [1.29, 1.82) is 0 Å². The molecule has 4 atom stereocenters. The Bertz CT molecular complexity index is 1010. The second-order valence-corrected chi connectivity index (χ2v) is 6.88. The maximum atomic E-state index is 14.7. The molecule has 3 heterocycles. The summed E-state index contributed by atoms with van der Waals surface area (Å²) >= 11 is 0. The van der Waals surface area contributed by atoms with Crippen molar-refractivity contribution in [3.05, 3.63) is 60.0 Å². The van der Waals surface area contributed by atoms with E-state index in [-0.39, 0.29) is 11.7 Å². The summed E-state index contributed by atoms with van der Waals surface area (Å²) in [7, 11) is 0. The Kier molecular flexibility index (Phi) is 4.58. The molecule has 1 amide bonds. The molecular weight excluding hydrogens is 367 g/mol. The molecule has 3 N–H and O–H groups in total. The van der Waals surface area contributed by atoms with Crippen LogP contribution in [0.25, 0.3) is 5.52 Å². The van der Waals surface area contributed by atoms with Gasteiger partial charge >= 0.3 is 0 Å². The van der Waals surface area contributed by atoms with E-state index in [1.54, 1.807) is 36.4 Å². The average molecular weight is 386 g/mol. The summed E-state index contributed by atoms with van der Waals surface area (Å²) in [6.07, 6.45) is -3.11. The number of carbonyl (C=O) groups excluding carboxylic acids is 1. The number of benzene rings is 1. The predicted molar refractivity (Wildman–Crippen MR) is 97.6 cm³/mol. The van der Waals surface area contributed by atoms with Crippen molar-refractivity contribution in [2.24, 2.45) is 0 Å². The van der Waals surface area contributed by atoms with Crippen LogP contribution in [0.1, 0.15) is 29.1 Å². The Balaban J connectivity index is 1.67. The van der Waals surface area contributed by atoms with E-state index in [2.05, 4.69) is 15.4 Å². The first-order chi connectivity index (χ1) is 13.4. The Labute approximate surface area is 159 Å². The van der Waals surface area contributed by atoms with E-state index < -0.39 is 30.6 Å². The van der Waals surface area contributed by atoms with Crippen LogP contribution in [0.15, 0.2) is 48.8 Å². The van der Waals surface area contributed by atoms with Crippen LogP contribution in [0.2, 0.25) is 0 Å². The number of aliphatic hydroxyl groups is 2. The summed E-state index contributed by atoms with van der Waals surface area (Å²) in [5, 5.41) is 26.4. The highest BCUT2D eigenvalue weighted by atomic mass is 19.1. The lowest BCUT2D eigenvalue weighted by Crippen LogP contribution is -2.42. The number of hydrogen-bond donors (Lipinski definition) is 3. The van der Waals surface area contributed by atoms with Crippen LogP contribution in [0.4, 0.5) is 10.2 Å². The fourth-order valence-electron chi connectivity index (χ4n) is 3.32. The highest BCUT2D eigenvalue weighted by Gasteiger charge is 2.53. The quantitative estimate of drug-likeness (QED) is 0.627. The van der Waals surface area contributed by atoms with Gasteiger partial charge < -0.3 is 20.3 Å². The third-order valence-corrected chi connectivity index (χ3v) is 4.97. The molecule has 0 unspecified atom stereocenters. The monoisotopic (exact) mass is 386 g/mol. The van der Waals surface area contributed by atoms with E-state index in [0.29, 0.717) is 16.8 Å². The van der Waals surface area contributed by atoms with Crippen molar-refractivity contribution in [3.8, 4) is 0 Å². The van der Waals surface area contributed by atoms with Crippen molar-refractivity contribution < 1.29 is 24.1 Å². The first kappa shape index (κ1) is 18.5. The van der Waals surface area contributed by atoms with Gasteiger partial charge in [-0.05, 0) is 31.2 Å². The molecule has 1 aliphatic heterocycles. The van der Waals surface area contributed by atoms with Gasteiger partial charge in [0, 0.05) is 5.56 Å². The minimum Gasteiger partial charge on any atom is -0.393 e. The standard InChI is InChI=1S/C19H19FN4O4/c1-19(9-25)16(26)14(20)15(28-19)12-7-8-13-17(21-10-22-24(12)13)23-18(27)11-5-3-2-4-6-11/h2-8,10,14-16,25-26H,9H2,1H3,(H,21,22,23,27)/t14-,15-,16-,19+/m0/s1.